The summed E-state index contributed by atoms with van der Waals surface area (Å²) in [6.45, 7) is 6.20. The fourth-order valence-corrected chi connectivity index (χ4v) is 5.12. The van der Waals surface area contributed by atoms with Gasteiger partial charge in [-0.15, -0.1) is 11.3 Å². The summed E-state index contributed by atoms with van der Waals surface area (Å²) in [5, 5.41) is 4.58. The van der Waals surface area contributed by atoms with Gasteiger partial charge in [0.05, 0.1) is 12.1 Å². The monoisotopic (exact) mass is 531 g/mol. The number of fused-ring (bicyclic) bond motifs is 2. The summed E-state index contributed by atoms with van der Waals surface area (Å²) in [5.41, 5.74) is 2.11. The molecule has 1 saturated heterocycles. The lowest BCUT2D eigenvalue weighted by Gasteiger charge is -2.36. The summed E-state index contributed by atoms with van der Waals surface area (Å²) in [6.07, 6.45) is 2.16. The van der Waals surface area contributed by atoms with Crippen LogP contribution in [0.4, 0.5) is 5.69 Å². The van der Waals surface area contributed by atoms with Crippen LogP contribution in [0.3, 0.4) is 0 Å². The van der Waals surface area contributed by atoms with E-state index in [9.17, 15) is 4.79 Å². The molecule has 0 radical (unpaired) electrons. The summed E-state index contributed by atoms with van der Waals surface area (Å²) in [7, 11) is -4.67. The number of aromatic amines is 1. The molecule has 3 heterocycles. The Morgan fingerprint density at radius 3 is 2.50 bits per heavy atom. The molecule has 0 aliphatic carbocycles. The van der Waals surface area contributed by atoms with E-state index in [-0.39, 0.29) is 5.56 Å². The van der Waals surface area contributed by atoms with Gasteiger partial charge in [-0.1, -0.05) is 6.07 Å². The van der Waals surface area contributed by atoms with Gasteiger partial charge >= 0.3 is 10.4 Å². The van der Waals surface area contributed by atoms with Gasteiger partial charge in [-0.05, 0) is 66.6 Å². The number of hydrogen-bond donors (Lipinski definition) is 3. The molecule has 3 N–H and O–H groups in total. The Hall–Kier alpha value is -2.96. The van der Waals surface area contributed by atoms with Crippen molar-refractivity contribution in [3.63, 3.8) is 0 Å². The largest absolute Gasteiger partial charge is 0.494 e. The standard InChI is InChI=1S/C25H27N3O2S.H2O4S/c29-25-9-7-19-6-8-20(18-22(19)26-25)30-16-2-1-11-27-12-14-28(15-13-27)23-4-3-5-24-21(23)10-17-31-24;1-5(2,3)4/h3-10,17-18H,1-2,11-16H2,(H,26,29);(H2,1,2,3,4). The third kappa shape index (κ3) is 7.52. The Kier molecular flexibility index (Phi) is 8.60. The van der Waals surface area contributed by atoms with Crippen molar-refractivity contribution in [2.45, 2.75) is 12.8 Å². The molecule has 0 amide bonds. The van der Waals surface area contributed by atoms with Gasteiger partial charge in [-0.25, -0.2) is 0 Å². The Balaban J connectivity index is 0.000000556. The molecule has 0 bridgehead atoms. The first-order valence-electron chi connectivity index (χ1n) is 11.7. The second-order valence-electron chi connectivity index (χ2n) is 8.51. The molecule has 0 atom stereocenters. The zero-order valence-corrected chi connectivity index (χ0v) is 21.3. The first-order chi connectivity index (χ1) is 17.3. The Morgan fingerprint density at radius 1 is 0.972 bits per heavy atom. The van der Waals surface area contributed by atoms with Crippen molar-refractivity contribution < 1.29 is 22.3 Å². The lowest BCUT2D eigenvalue weighted by molar-refractivity contribution is 0.239. The van der Waals surface area contributed by atoms with E-state index in [2.05, 4.69) is 44.4 Å². The fourth-order valence-electron chi connectivity index (χ4n) is 4.31. The van der Waals surface area contributed by atoms with Crippen LogP contribution in [-0.2, 0) is 10.4 Å². The lowest BCUT2D eigenvalue weighted by atomic mass is 10.2. The third-order valence-corrected chi connectivity index (χ3v) is 6.90. The summed E-state index contributed by atoms with van der Waals surface area (Å²) in [6, 6.07) is 18.1. The van der Waals surface area contributed by atoms with Crippen molar-refractivity contribution in [3.05, 3.63) is 70.3 Å². The molecule has 192 valence electrons. The number of unbranched alkanes of at least 4 members (excludes halogenated alkanes) is 1. The Labute approximate surface area is 213 Å². The second-order valence-corrected chi connectivity index (χ2v) is 10.4. The number of H-pyrrole nitrogens is 1. The quantitative estimate of drug-likeness (QED) is 0.241. The van der Waals surface area contributed by atoms with Gasteiger partial charge in [0.2, 0.25) is 5.56 Å². The van der Waals surface area contributed by atoms with E-state index < -0.39 is 10.4 Å². The minimum atomic E-state index is -4.67. The molecular formula is C25H29N3O6S2. The van der Waals surface area contributed by atoms with E-state index in [1.165, 1.54) is 15.8 Å². The molecule has 2 aromatic carbocycles. The highest BCUT2D eigenvalue weighted by molar-refractivity contribution is 7.79. The summed E-state index contributed by atoms with van der Waals surface area (Å²) in [4.78, 5) is 19.4. The molecule has 0 spiro atoms. The summed E-state index contributed by atoms with van der Waals surface area (Å²) < 4.78 is 38.9. The SMILES string of the molecule is O=S(=O)(O)O.O=c1ccc2ccc(OCCCCN3CCN(c4cccc5sccc45)CC3)cc2[nH]1. The van der Waals surface area contributed by atoms with Crippen LogP contribution in [0.5, 0.6) is 5.75 Å². The highest BCUT2D eigenvalue weighted by atomic mass is 32.3. The topological polar surface area (TPSA) is 123 Å². The molecular weight excluding hydrogens is 502 g/mol. The number of ether oxygens (including phenoxy) is 1. The average molecular weight is 532 g/mol. The van der Waals surface area contributed by atoms with Gasteiger partial charge < -0.3 is 14.6 Å². The number of nitrogens with zero attached hydrogens (tertiary/aromatic N) is 2. The van der Waals surface area contributed by atoms with Gasteiger partial charge in [0.25, 0.3) is 0 Å². The molecule has 0 unspecified atom stereocenters. The number of aromatic nitrogens is 1. The first-order valence-corrected chi connectivity index (χ1v) is 13.9. The molecule has 2 aromatic heterocycles. The van der Waals surface area contributed by atoms with Gasteiger partial charge in [0.15, 0.2) is 0 Å². The maximum Gasteiger partial charge on any atom is 0.394 e. The Bertz CT molecular complexity index is 1450. The molecule has 1 fully saturated rings. The number of rotatable bonds is 7. The van der Waals surface area contributed by atoms with Crippen molar-refractivity contribution in [1.82, 2.24) is 9.88 Å². The predicted octanol–water partition coefficient (Wildman–Crippen LogP) is 4.07. The van der Waals surface area contributed by atoms with E-state index in [0.717, 1.165) is 62.2 Å². The Morgan fingerprint density at radius 2 is 1.72 bits per heavy atom. The fraction of sp³-hybridized carbons (Fsp3) is 0.320. The number of anilines is 1. The second kappa shape index (κ2) is 11.8. The maximum absolute atomic E-state index is 11.5. The maximum atomic E-state index is 11.5. The minimum Gasteiger partial charge on any atom is -0.494 e. The van der Waals surface area contributed by atoms with Crippen LogP contribution in [-0.4, -0.2) is 66.7 Å². The first kappa shape index (κ1) is 26.1. The van der Waals surface area contributed by atoms with Crippen LogP contribution in [0.25, 0.3) is 21.0 Å². The number of nitrogens with one attached hydrogen (secondary N) is 1. The van der Waals surface area contributed by atoms with Crippen molar-refractivity contribution in [1.29, 1.82) is 0 Å². The third-order valence-electron chi connectivity index (χ3n) is 6.02. The van der Waals surface area contributed by atoms with E-state index in [4.69, 9.17) is 22.3 Å². The van der Waals surface area contributed by atoms with Gasteiger partial charge in [-0.3, -0.25) is 18.8 Å². The average Bonchev–Trinajstić information content (AvgIpc) is 3.32. The highest BCUT2D eigenvalue weighted by Crippen LogP contribution is 2.31. The normalized spacial score (nSPS) is 14.6. The zero-order chi connectivity index (χ0) is 25.5. The number of thiophene rings is 1. The van der Waals surface area contributed by atoms with Crippen LogP contribution in [0.2, 0.25) is 0 Å². The number of piperazine rings is 1. The smallest absolute Gasteiger partial charge is 0.394 e. The molecule has 9 nitrogen and oxygen atoms in total. The summed E-state index contributed by atoms with van der Waals surface area (Å²) in [5.74, 6) is 0.811. The molecule has 11 heteroatoms. The molecule has 1 aliphatic heterocycles. The van der Waals surface area contributed by atoms with E-state index in [0.29, 0.717) is 6.61 Å². The van der Waals surface area contributed by atoms with Crippen molar-refractivity contribution >= 4 is 48.4 Å². The van der Waals surface area contributed by atoms with Crippen molar-refractivity contribution in [2.24, 2.45) is 0 Å². The van der Waals surface area contributed by atoms with Gasteiger partial charge in [0, 0.05) is 54.1 Å². The molecule has 1 aliphatic rings. The molecule has 36 heavy (non-hydrogen) atoms. The van der Waals surface area contributed by atoms with Crippen LogP contribution >= 0.6 is 11.3 Å². The number of hydrogen-bond acceptors (Lipinski definition) is 7. The molecule has 5 rings (SSSR count). The highest BCUT2D eigenvalue weighted by Gasteiger charge is 2.18. The number of pyridine rings is 1. The van der Waals surface area contributed by atoms with Crippen molar-refractivity contribution in [3.8, 4) is 5.75 Å². The molecule has 0 saturated carbocycles. The van der Waals surface area contributed by atoms with E-state index >= 15 is 0 Å². The van der Waals surface area contributed by atoms with E-state index in [1.807, 2.05) is 35.6 Å². The van der Waals surface area contributed by atoms with Crippen molar-refractivity contribution in [2.75, 3.05) is 44.2 Å². The lowest BCUT2D eigenvalue weighted by Crippen LogP contribution is -2.46. The minimum absolute atomic E-state index is 0.0863. The molecule has 4 aromatic rings. The van der Waals surface area contributed by atoms with Crippen LogP contribution < -0.4 is 15.2 Å². The van der Waals surface area contributed by atoms with Crippen LogP contribution in [0.1, 0.15) is 12.8 Å². The summed E-state index contributed by atoms with van der Waals surface area (Å²) >= 11 is 1.82. The van der Waals surface area contributed by atoms with Crippen LogP contribution in [0, 0.1) is 0 Å². The predicted molar refractivity (Wildman–Crippen MR) is 144 cm³/mol. The van der Waals surface area contributed by atoms with E-state index in [1.54, 1.807) is 6.07 Å². The van der Waals surface area contributed by atoms with Gasteiger partial charge in [0.1, 0.15) is 5.75 Å². The van der Waals surface area contributed by atoms with Crippen LogP contribution in [0.15, 0.2) is 64.8 Å². The number of benzene rings is 2. The van der Waals surface area contributed by atoms with Gasteiger partial charge in [-0.2, -0.15) is 8.42 Å². The zero-order valence-electron chi connectivity index (χ0n) is 19.7.